The first-order valence-corrected chi connectivity index (χ1v) is 9.34. The lowest BCUT2D eigenvalue weighted by Crippen LogP contribution is -2.23. The van der Waals surface area contributed by atoms with Crippen LogP contribution in [-0.4, -0.2) is 27.8 Å². The summed E-state index contributed by atoms with van der Waals surface area (Å²) in [6.45, 7) is 0.748. The van der Waals surface area contributed by atoms with Gasteiger partial charge < -0.3 is 10.1 Å². The van der Waals surface area contributed by atoms with E-state index in [9.17, 15) is 4.79 Å². The average molecular weight is 374 g/mol. The highest BCUT2D eigenvalue weighted by molar-refractivity contribution is 5.79. The molecule has 6 nitrogen and oxygen atoms in total. The molecule has 1 unspecified atom stereocenters. The number of nitrogens with zero attached hydrogens (tertiary/aromatic N) is 1. The topological polar surface area (TPSA) is 82.8 Å². The summed E-state index contributed by atoms with van der Waals surface area (Å²) in [6, 6.07) is 21.6. The Morgan fingerprint density at radius 3 is 2.68 bits per heavy atom. The van der Waals surface area contributed by atoms with Crippen LogP contribution in [0.5, 0.6) is 5.75 Å². The zero-order valence-corrected chi connectivity index (χ0v) is 15.4. The highest BCUT2D eigenvalue weighted by Crippen LogP contribution is 2.20. The van der Waals surface area contributed by atoms with Gasteiger partial charge in [0, 0.05) is 31.6 Å². The number of hydrogen-bond acceptors (Lipinski definition) is 4. The summed E-state index contributed by atoms with van der Waals surface area (Å²) in [5.41, 5.74) is 1.84. The summed E-state index contributed by atoms with van der Waals surface area (Å²) < 4.78 is 6.28. The van der Waals surface area contributed by atoms with Crippen molar-refractivity contribution < 1.29 is 4.74 Å². The quantitative estimate of drug-likeness (QED) is 0.439. The van der Waals surface area contributed by atoms with Crippen molar-refractivity contribution in [1.29, 1.82) is 0 Å². The Hall–Kier alpha value is -3.54. The first-order chi connectivity index (χ1) is 13.8. The molecule has 0 amide bonds. The van der Waals surface area contributed by atoms with Crippen LogP contribution in [-0.2, 0) is 6.42 Å². The van der Waals surface area contributed by atoms with E-state index in [1.54, 1.807) is 12.3 Å². The molecule has 4 aromatic rings. The van der Waals surface area contributed by atoms with Crippen molar-refractivity contribution >= 4 is 16.7 Å². The van der Waals surface area contributed by atoms with E-state index in [4.69, 9.17) is 4.74 Å². The number of anilines is 1. The second-order valence-electron chi connectivity index (χ2n) is 6.65. The SMILES string of the molecule is O=c1[nH][nH]c2cc(OC(CCNc3ccccn3)Cc3ccccc3)ccc12. The van der Waals surface area contributed by atoms with Crippen molar-refractivity contribution in [3.8, 4) is 5.75 Å². The van der Waals surface area contributed by atoms with Gasteiger partial charge in [-0.25, -0.2) is 4.98 Å². The van der Waals surface area contributed by atoms with Crippen LogP contribution in [0.4, 0.5) is 5.82 Å². The summed E-state index contributed by atoms with van der Waals surface area (Å²) in [6.07, 6.45) is 3.37. The van der Waals surface area contributed by atoms with Gasteiger partial charge in [0.1, 0.15) is 17.7 Å². The number of fused-ring (bicyclic) bond motifs is 1. The van der Waals surface area contributed by atoms with Crippen molar-refractivity contribution in [2.75, 3.05) is 11.9 Å². The predicted octanol–water partition coefficient (Wildman–Crippen LogP) is 3.74. The fourth-order valence-corrected chi connectivity index (χ4v) is 3.19. The molecule has 2 heterocycles. The highest BCUT2D eigenvalue weighted by Gasteiger charge is 2.13. The van der Waals surface area contributed by atoms with E-state index in [0.29, 0.717) is 5.39 Å². The molecule has 0 bridgehead atoms. The van der Waals surface area contributed by atoms with E-state index in [-0.39, 0.29) is 11.7 Å². The number of hydrogen-bond donors (Lipinski definition) is 3. The van der Waals surface area contributed by atoms with Gasteiger partial charge in [-0.2, -0.15) is 0 Å². The fourth-order valence-electron chi connectivity index (χ4n) is 3.19. The van der Waals surface area contributed by atoms with Gasteiger partial charge in [0.05, 0.1) is 10.9 Å². The minimum atomic E-state index is -0.123. The molecule has 1 atom stereocenters. The van der Waals surface area contributed by atoms with Crippen LogP contribution in [0, 0.1) is 0 Å². The average Bonchev–Trinajstić information content (AvgIpc) is 3.10. The maximum atomic E-state index is 11.7. The molecule has 2 aromatic carbocycles. The number of H-pyrrole nitrogens is 2. The fraction of sp³-hybridized carbons (Fsp3) is 0.182. The number of pyridine rings is 1. The van der Waals surface area contributed by atoms with Gasteiger partial charge in [-0.3, -0.25) is 15.0 Å². The summed E-state index contributed by atoms with van der Waals surface area (Å²) in [5, 5.41) is 9.44. The molecule has 28 heavy (non-hydrogen) atoms. The van der Waals surface area contributed by atoms with Crippen LogP contribution >= 0.6 is 0 Å². The van der Waals surface area contributed by atoms with E-state index in [0.717, 1.165) is 36.5 Å². The van der Waals surface area contributed by atoms with Gasteiger partial charge in [-0.15, -0.1) is 0 Å². The molecule has 0 saturated heterocycles. The van der Waals surface area contributed by atoms with E-state index >= 15 is 0 Å². The van der Waals surface area contributed by atoms with Crippen LogP contribution in [0.1, 0.15) is 12.0 Å². The van der Waals surface area contributed by atoms with Crippen LogP contribution < -0.4 is 15.6 Å². The number of aromatic amines is 2. The number of ether oxygens (including phenoxy) is 1. The lowest BCUT2D eigenvalue weighted by molar-refractivity contribution is 0.195. The summed E-state index contributed by atoms with van der Waals surface area (Å²) >= 11 is 0. The predicted molar refractivity (Wildman–Crippen MR) is 111 cm³/mol. The maximum Gasteiger partial charge on any atom is 0.271 e. The van der Waals surface area contributed by atoms with E-state index < -0.39 is 0 Å². The molecule has 0 saturated carbocycles. The van der Waals surface area contributed by atoms with E-state index in [1.165, 1.54) is 5.56 Å². The van der Waals surface area contributed by atoms with E-state index in [1.807, 2.05) is 48.5 Å². The monoisotopic (exact) mass is 374 g/mol. The Kier molecular flexibility index (Phi) is 5.38. The Morgan fingerprint density at radius 1 is 1.00 bits per heavy atom. The molecule has 6 heteroatoms. The van der Waals surface area contributed by atoms with Gasteiger partial charge in [-0.05, 0) is 29.8 Å². The highest BCUT2D eigenvalue weighted by atomic mass is 16.5. The second kappa shape index (κ2) is 8.43. The van der Waals surface area contributed by atoms with Crippen LogP contribution in [0.15, 0.2) is 77.7 Å². The number of aromatic nitrogens is 3. The zero-order valence-electron chi connectivity index (χ0n) is 15.4. The molecule has 0 radical (unpaired) electrons. The first kappa shape index (κ1) is 17.9. The van der Waals surface area contributed by atoms with Gasteiger partial charge >= 0.3 is 0 Å². The van der Waals surface area contributed by atoms with E-state index in [2.05, 4.69) is 32.6 Å². The van der Waals surface area contributed by atoms with Crippen molar-refractivity contribution in [1.82, 2.24) is 15.2 Å². The number of benzene rings is 2. The smallest absolute Gasteiger partial charge is 0.271 e. The van der Waals surface area contributed by atoms with Crippen molar-refractivity contribution in [3.05, 3.63) is 88.8 Å². The largest absolute Gasteiger partial charge is 0.490 e. The molecule has 142 valence electrons. The molecule has 0 aliphatic rings. The van der Waals surface area contributed by atoms with Gasteiger partial charge in [0.2, 0.25) is 0 Å². The molecule has 0 spiro atoms. The third-order valence-electron chi connectivity index (χ3n) is 4.59. The van der Waals surface area contributed by atoms with Crippen molar-refractivity contribution in [2.45, 2.75) is 18.9 Å². The number of rotatable bonds is 8. The molecule has 2 aromatic heterocycles. The normalized spacial score (nSPS) is 12.0. The van der Waals surface area contributed by atoms with Crippen LogP contribution in [0.2, 0.25) is 0 Å². The Morgan fingerprint density at radius 2 is 1.86 bits per heavy atom. The minimum Gasteiger partial charge on any atom is -0.490 e. The maximum absolute atomic E-state index is 11.7. The molecular weight excluding hydrogens is 352 g/mol. The Balaban J connectivity index is 1.46. The molecule has 0 fully saturated rings. The summed E-state index contributed by atoms with van der Waals surface area (Å²) in [7, 11) is 0. The van der Waals surface area contributed by atoms with Crippen LogP contribution in [0.25, 0.3) is 10.9 Å². The lowest BCUT2D eigenvalue weighted by Gasteiger charge is -2.20. The van der Waals surface area contributed by atoms with Gasteiger partial charge in [-0.1, -0.05) is 36.4 Å². The van der Waals surface area contributed by atoms with Crippen LogP contribution in [0.3, 0.4) is 0 Å². The third-order valence-corrected chi connectivity index (χ3v) is 4.59. The summed E-state index contributed by atoms with van der Waals surface area (Å²) in [4.78, 5) is 16.0. The summed E-state index contributed by atoms with van der Waals surface area (Å²) in [5.74, 6) is 1.59. The lowest BCUT2D eigenvalue weighted by atomic mass is 10.1. The van der Waals surface area contributed by atoms with Crippen molar-refractivity contribution in [3.63, 3.8) is 0 Å². The Bertz CT molecular complexity index is 1070. The third kappa shape index (κ3) is 4.40. The molecular formula is C22H22N4O2. The minimum absolute atomic E-state index is 0.0123. The van der Waals surface area contributed by atoms with Gasteiger partial charge in [0.15, 0.2) is 0 Å². The standard InChI is InChI=1S/C22H22N4O2/c27-22-19-10-9-17(15-20(19)25-26-22)28-18(14-16-6-2-1-3-7-16)11-13-24-21-8-4-5-12-23-21/h1-10,12,15,18H,11,13-14H2,(H,23,24)(H2,25,26,27). The number of nitrogens with one attached hydrogen (secondary N) is 3. The second-order valence-corrected chi connectivity index (χ2v) is 6.65. The molecule has 0 aliphatic heterocycles. The molecule has 0 aliphatic carbocycles. The molecule has 3 N–H and O–H groups in total. The van der Waals surface area contributed by atoms with Gasteiger partial charge in [0.25, 0.3) is 5.56 Å². The molecule has 4 rings (SSSR count). The zero-order chi connectivity index (χ0) is 19.2. The van der Waals surface area contributed by atoms with Crippen molar-refractivity contribution in [2.24, 2.45) is 0 Å². The first-order valence-electron chi connectivity index (χ1n) is 9.34. The Labute approximate surface area is 162 Å².